The summed E-state index contributed by atoms with van der Waals surface area (Å²) in [5, 5.41) is 0. The van der Waals surface area contributed by atoms with Gasteiger partial charge < -0.3 is 0 Å². The highest BCUT2D eigenvalue weighted by Gasteiger charge is 1.95. The van der Waals surface area contributed by atoms with E-state index >= 15 is 0 Å². The molecule has 7 heavy (non-hydrogen) atoms. The molecule has 0 N–H and O–H groups in total. The molecule has 0 radical (unpaired) electrons. The van der Waals surface area contributed by atoms with E-state index in [4.69, 9.17) is 0 Å². The van der Waals surface area contributed by atoms with Crippen LogP contribution in [0.15, 0.2) is 24.3 Å². The molecule has 0 fully saturated rings. The highest BCUT2D eigenvalue weighted by atomic mass is 127. The highest BCUT2D eigenvalue weighted by molar-refractivity contribution is 14.1. The summed E-state index contributed by atoms with van der Waals surface area (Å²) in [6, 6.07) is 0. The Bertz CT molecular complexity index is 103. The van der Waals surface area contributed by atoms with Crippen LogP contribution < -0.4 is 0 Å². The lowest BCUT2D eigenvalue weighted by Crippen LogP contribution is -1.90. The summed E-state index contributed by atoms with van der Waals surface area (Å²) in [6.45, 7) is 0. The van der Waals surface area contributed by atoms with Crippen LogP contribution in [0.5, 0.6) is 0 Å². The van der Waals surface area contributed by atoms with Crippen LogP contribution in [0.2, 0.25) is 0 Å². The van der Waals surface area contributed by atoms with Crippen LogP contribution in [0, 0.1) is 0 Å². The van der Waals surface area contributed by atoms with Crippen molar-refractivity contribution >= 4 is 22.6 Å². The molecule has 1 aliphatic carbocycles. The number of hydrogen-bond donors (Lipinski definition) is 0. The molecule has 0 aromatic heterocycles. The quantitative estimate of drug-likeness (QED) is 0.421. The highest BCUT2D eigenvalue weighted by Crippen LogP contribution is 2.11. The third kappa shape index (κ3) is 1.63. The van der Waals surface area contributed by atoms with Crippen LogP contribution in [0.25, 0.3) is 0 Å². The Kier molecular flexibility index (Phi) is 1.91. The first-order valence-electron chi connectivity index (χ1n) is 2.37. The summed E-state index contributed by atoms with van der Waals surface area (Å²) in [5.41, 5.74) is 0. The zero-order valence-corrected chi connectivity index (χ0v) is 6.13. The average molecular weight is 206 g/mol. The van der Waals surface area contributed by atoms with Crippen LogP contribution in [0.4, 0.5) is 0 Å². The molecule has 0 saturated carbocycles. The zero-order valence-electron chi connectivity index (χ0n) is 3.97. The van der Waals surface area contributed by atoms with E-state index in [0.717, 1.165) is 3.92 Å². The van der Waals surface area contributed by atoms with Gasteiger partial charge in [0, 0.05) is 3.92 Å². The fraction of sp³-hybridized carbons (Fsp3) is 0.333. The average Bonchev–Trinajstić information content (AvgIpc) is 1.69. The monoisotopic (exact) mass is 206 g/mol. The minimum absolute atomic E-state index is 0.739. The molecule has 38 valence electrons. The first kappa shape index (κ1) is 5.35. The second-order valence-electron chi connectivity index (χ2n) is 1.56. The van der Waals surface area contributed by atoms with Crippen LogP contribution in [-0.4, -0.2) is 3.92 Å². The van der Waals surface area contributed by atoms with E-state index in [9.17, 15) is 0 Å². The van der Waals surface area contributed by atoms with Gasteiger partial charge >= 0.3 is 0 Å². The summed E-state index contributed by atoms with van der Waals surface area (Å²) in [5.74, 6) is 0. The standard InChI is InChI=1S/C6H7I/c7-6-4-2-1-3-5-6/h1-4,6H,5H2. The molecule has 1 unspecified atom stereocenters. The lowest BCUT2D eigenvalue weighted by atomic mass is 10.2. The lowest BCUT2D eigenvalue weighted by Gasteiger charge is -2.00. The van der Waals surface area contributed by atoms with Gasteiger partial charge in [-0.05, 0) is 6.42 Å². The van der Waals surface area contributed by atoms with E-state index in [1.807, 2.05) is 0 Å². The largest absolute Gasteiger partial charge is 0.0832 e. The van der Waals surface area contributed by atoms with Crippen molar-refractivity contribution < 1.29 is 0 Å². The molecule has 0 bridgehead atoms. The Morgan fingerprint density at radius 2 is 2.29 bits per heavy atom. The lowest BCUT2D eigenvalue weighted by molar-refractivity contribution is 1.09. The Morgan fingerprint density at radius 1 is 1.43 bits per heavy atom. The second-order valence-corrected chi connectivity index (χ2v) is 3.16. The molecule has 1 heteroatoms. The van der Waals surface area contributed by atoms with Gasteiger partial charge in [-0.2, -0.15) is 0 Å². The molecule has 0 saturated heterocycles. The third-order valence-electron chi connectivity index (χ3n) is 0.928. The van der Waals surface area contributed by atoms with Crippen molar-refractivity contribution in [2.24, 2.45) is 0 Å². The molecular formula is C6H7I. The number of hydrogen-bond acceptors (Lipinski definition) is 0. The molecule has 0 aliphatic heterocycles. The van der Waals surface area contributed by atoms with Gasteiger partial charge in [0.25, 0.3) is 0 Å². The molecule has 1 rings (SSSR count). The summed E-state index contributed by atoms with van der Waals surface area (Å²) in [4.78, 5) is 0. The van der Waals surface area contributed by atoms with E-state index in [0.29, 0.717) is 0 Å². The fourth-order valence-corrected chi connectivity index (χ4v) is 1.08. The van der Waals surface area contributed by atoms with E-state index in [1.165, 1.54) is 6.42 Å². The molecule has 0 aromatic rings. The Balaban J connectivity index is 2.49. The van der Waals surface area contributed by atoms with Crippen molar-refractivity contribution in [1.29, 1.82) is 0 Å². The first-order valence-corrected chi connectivity index (χ1v) is 3.61. The maximum atomic E-state index is 2.42. The maximum Gasteiger partial charge on any atom is 0.0327 e. The van der Waals surface area contributed by atoms with Crippen molar-refractivity contribution in [3.05, 3.63) is 24.3 Å². The van der Waals surface area contributed by atoms with E-state index in [-0.39, 0.29) is 0 Å². The topological polar surface area (TPSA) is 0 Å². The Labute approximate surface area is 57.4 Å². The number of alkyl halides is 1. The molecule has 0 spiro atoms. The van der Waals surface area contributed by atoms with Crippen molar-refractivity contribution in [2.45, 2.75) is 10.3 Å². The van der Waals surface area contributed by atoms with E-state index in [1.54, 1.807) is 0 Å². The summed E-state index contributed by atoms with van der Waals surface area (Å²) in [6.07, 6.45) is 9.80. The predicted octanol–water partition coefficient (Wildman–Crippen LogP) is 2.31. The number of halogens is 1. The SMILES string of the molecule is IC1C=CC=CC1. The van der Waals surface area contributed by atoms with Crippen molar-refractivity contribution in [1.82, 2.24) is 0 Å². The smallest absolute Gasteiger partial charge is 0.0327 e. The minimum atomic E-state index is 0.739. The van der Waals surface area contributed by atoms with Gasteiger partial charge in [0.05, 0.1) is 0 Å². The predicted molar refractivity (Wildman–Crippen MR) is 40.7 cm³/mol. The summed E-state index contributed by atoms with van der Waals surface area (Å²) >= 11 is 2.42. The second kappa shape index (κ2) is 2.50. The van der Waals surface area contributed by atoms with Crippen molar-refractivity contribution in [3.8, 4) is 0 Å². The fourth-order valence-electron chi connectivity index (χ4n) is 0.550. The minimum Gasteiger partial charge on any atom is -0.0832 e. The first-order chi connectivity index (χ1) is 3.39. The molecule has 0 nitrogen and oxygen atoms in total. The summed E-state index contributed by atoms with van der Waals surface area (Å²) < 4.78 is 0.739. The number of allylic oxidation sites excluding steroid dienone is 4. The molecule has 0 heterocycles. The van der Waals surface area contributed by atoms with Crippen molar-refractivity contribution in [2.75, 3.05) is 0 Å². The molecule has 1 atom stereocenters. The van der Waals surface area contributed by atoms with Gasteiger partial charge in [-0.15, -0.1) is 0 Å². The van der Waals surface area contributed by atoms with Gasteiger partial charge in [-0.25, -0.2) is 0 Å². The van der Waals surface area contributed by atoms with Gasteiger partial charge in [-0.3, -0.25) is 0 Å². The van der Waals surface area contributed by atoms with Crippen LogP contribution in [-0.2, 0) is 0 Å². The normalized spacial score (nSPS) is 28.4. The Hall–Kier alpha value is 0.210. The van der Waals surface area contributed by atoms with Gasteiger partial charge in [0.2, 0.25) is 0 Å². The van der Waals surface area contributed by atoms with Crippen LogP contribution in [0.1, 0.15) is 6.42 Å². The van der Waals surface area contributed by atoms with Gasteiger partial charge in [0.15, 0.2) is 0 Å². The number of rotatable bonds is 0. The van der Waals surface area contributed by atoms with Crippen LogP contribution >= 0.6 is 22.6 Å². The summed E-state index contributed by atoms with van der Waals surface area (Å²) in [7, 11) is 0. The van der Waals surface area contributed by atoms with Crippen molar-refractivity contribution in [3.63, 3.8) is 0 Å². The molecule has 0 aromatic carbocycles. The zero-order chi connectivity index (χ0) is 5.11. The van der Waals surface area contributed by atoms with Gasteiger partial charge in [0.1, 0.15) is 0 Å². The third-order valence-corrected chi connectivity index (χ3v) is 1.85. The molecule has 0 amide bonds. The van der Waals surface area contributed by atoms with E-state index < -0.39 is 0 Å². The van der Waals surface area contributed by atoms with E-state index in [2.05, 4.69) is 46.9 Å². The van der Waals surface area contributed by atoms with Gasteiger partial charge in [-0.1, -0.05) is 46.9 Å². The van der Waals surface area contributed by atoms with Crippen LogP contribution in [0.3, 0.4) is 0 Å². The molecular weight excluding hydrogens is 199 g/mol. The maximum absolute atomic E-state index is 2.42. The Morgan fingerprint density at radius 3 is 2.57 bits per heavy atom. The molecule has 1 aliphatic rings.